The lowest BCUT2D eigenvalue weighted by Gasteiger charge is -2.34. The molecule has 3 rings (SSSR count). The van der Waals surface area contributed by atoms with Gasteiger partial charge in [0.05, 0.1) is 31.4 Å². The first-order chi connectivity index (χ1) is 19.1. The number of aromatic nitrogens is 2. The van der Waals surface area contributed by atoms with E-state index < -0.39 is 48.0 Å². The van der Waals surface area contributed by atoms with Crippen molar-refractivity contribution in [1.82, 2.24) is 31.2 Å². The molecule has 0 bridgehead atoms. The molecule has 0 spiro atoms. The number of carbonyl (C=O) groups excluding carboxylic acids is 4. The van der Waals surface area contributed by atoms with E-state index in [1.807, 2.05) is 19.9 Å². The minimum atomic E-state index is -1.34. The van der Waals surface area contributed by atoms with Gasteiger partial charge < -0.3 is 36.2 Å². The van der Waals surface area contributed by atoms with Crippen LogP contribution in [0.4, 0.5) is 0 Å². The minimum Gasteiger partial charge on any atom is -0.505 e. The second-order valence-electron chi connectivity index (χ2n) is 10.1. The molecule has 5 atom stereocenters. The highest BCUT2D eigenvalue weighted by Gasteiger charge is 2.37. The Morgan fingerprint density at radius 2 is 1.80 bits per heavy atom. The molecule has 216 valence electrons. The Kier molecular flexibility index (Phi) is 10.9. The Morgan fingerprint density at radius 1 is 1.07 bits per heavy atom. The highest BCUT2D eigenvalue weighted by atomic mass is 16.5. The smallest absolute Gasteiger partial charge is 0.274 e. The van der Waals surface area contributed by atoms with Crippen molar-refractivity contribution < 1.29 is 34.1 Å². The van der Waals surface area contributed by atoms with E-state index in [1.54, 1.807) is 18.5 Å². The molecule has 0 radical (unpaired) electrons. The van der Waals surface area contributed by atoms with E-state index in [2.05, 4.69) is 31.2 Å². The largest absolute Gasteiger partial charge is 0.505 e. The van der Waals surface area contributed by atoms with Crippen molar-refractivity contribution in [1.29, 1.82) is 0 Å². The van der Waals surface area contributed by atoms with E-state index in [0.717, 1.165) is 5.56 Å². The number of ether oxygens (including phenoxy) is 1. The second-order valence-corrected chi connectivity index (χ2v) is 10.1. The summed E-state index contributed by atoms with van der Waals surface area (Å²) in [5.74, 6) is -2.93. The van der Waals surface area contributed by atoms with Crippen molar-refractivity contribution in [3.63, 3.8) is 0 Å². The Labute approximate surface area is 232 Å². The van der Waals surface area contributed by atoms with Crippen LogP contribution in [0.2, 0.25) is 0 Å². The standard InChI is InChI=1S/C27H36N6O7/c1-15(2)24(36)19(10-17-6-4-8-28-11-17)32-25(37)21(33-27(39)23-20(35)7-5-9-29-23)16(3)31-26(38)22(30-14-34)18-12-40-13-18/h4-9,11,14-16,18-19,21-22,24,35-36H,10,12-13H2,1-3H3,(H,30,34)(H,31,38)(H,32,37)(H,33,39). The van der Waals surface area contributed by atoms with Crippen LogP contribution >= 0.6 is 0 Å². The zero-order valence-corrected chi connectivity index (χ0v) is 22.6. The molecule has 1 saturated heterocycles. The van der Waals surface area contributed by atoms with Crippen molar-refractivity contribution in [3.05, 3.63) is 54.1 Å². The molecule has 5 unspecified atom stereocenters. The fourth-order valence-corrected chi connectivity index (χ4v) is 4.31. The van der Waals surface area contributed by atoms with E-state index in [4.69, 9.17) is 4.74 Å². The van der Waals surface area contributed by atoms with Crippen LogP contribution in [0.1, 0.15) is 36.8 Å². The molecule has 0 aliphatic carbocycles. The van der Waals surface area contributed by atoms with Crippen LogP contribution in [-0.4, -0.2) is 87.8 Å². The summed E-state index contributed by atoms with van der Waals surface area (Å²) < 4.78 is 5.13. The minimum absolute atomic E-state index is 0.211. The number of hydrogen-bond acceptors (Lipinski definition) is 9. The van der Waals surface area contributed by atoms with Gasteiger partial charge in [0, 0.05) is 24.5 Å². The molecule has 1 aliphatic heterocycles. The van der Waals surface area contributed by atoms with Crippen molar-refractivity contribution >= 4 is 24.1 Å². The number of aliphatic hydroxyl groups excluding tert-OH is 1. The molecular weight excluding hydrogens is 520 g/mol. The Morgan fingerprint density at radius 3 is 2.38 bits per heavy atom. The molecule has 3 heterocycles. The third-order valence-electron chi connectivity index (χ3n) is 6.71. The number of rotatable bonds is 14. The van der Waals surface area contributed by atoms with Crippen molar-refractivity contribution in [3.8, 4) is 5.75 Å². The van der Waals surface area contributed by atoms with Crippen LogP contribution < -0.4 is 21.3 Å². The zero-order valence-electron chi connectivity index (χ0n) is 22.6. The Bertz CT molecular complexity index is 1160. The van der Waals surface area contributed by atoms with Crippen LogP contribution in [0.15, 0.2) is 42.9 Å². The summed E-state index contributed by atoms with van der Waals surface area (Å²) >= 11 is 0. The fraction of sp³-hybridized carbons (Fsp3) is 0.481. The summed E-state index contributed by atoms with van der Waals surface area (Å²) in [4.78, 5) is 58.8. The lowest BCUT2D eigenvalue weighted by atomic mass is 9.93. The second kappa shape index (κ2) is 14.3. The van der Waals surface area contributed by atoms with Crippen molar-refractivity contribution in [2.75, 3.05) is 13.2 Å². The molecule has 2 aromatic rings. The molecule has 40 heavy (non-hydrogen) atoms. The van der Waals surface area contributed by atoms with Gasteiger partial charge in [-0.15, -0.1) is 0 Å². The van der Waals surface area contributed by atoms with Gasteiger partial charge in [0.2, 0.25) is 18.2 Å². The number of nitrogens with one attached hydrogen (secondary N) is 4. The Balaban J connectivity index is 1.85. The highest BCUT2D eigenvalue weighted by Crippen LogP contribution is 2.17. The maximum atomic E-state index is 13.7. The van der Waals surface area contributed by atoms with Gasteiger partial charge in [0.1, 0.15) is 17.8 Å². The molecule has 0 aromatic carbocycles. The molecule has 1 fully saturated rings. The number of pyridine rings is 2. The van der Waals surface area contributed by atoms with Gasteiger partial charge in [0.25, 0.3) is 5.91 Å². The molecule has 13 nitrogen and oxygen atoms in total. The van der Waals surface area contributed by atoms with Gasteiger partial charge in [-0.25, -0.2) is 4.98 Å². The fourth-order valence-electron chi connectivity index (χ4n) is 4.31. The maximum Gasteiger partial charge on any atom is 0.274 e. The van der Waals surface area contributed by atoms with Crippen molar-refractivity contribution in [2.24, 2.45) is 11.8 Å². The Hall–Kier alpha value is -4.10. The normalized spacial score (nSPS) is 16.9. The van der Waals surface area contributed by atoms with Gasteiger partial charge >= 0.3 is 0 Å². The number of aliphatic hydroxyl groups is 1. The number of carbonyl (C=O) groups is 4. The van der Waals surface area contributed by atoms with Crippen molar-refractivity contribution in [2.45, 2.75) is 57.5 Å². The van der Waals surface area contributed by atoms with Gasteiger partial charge in [-0.2, -0.15) is 0 Å². The van der Waals surface area contributed by atoms with E-state index in [0.29, 0.717) is 6.41 Å². The van der Waals surface area contributed by atoms with E-state index in [9.17, 15) is 29.4 Å². The lowest BCUT2D eigenvalue weighted by Crippen LogP contribution is -2.63. The summed E-state index contributed by atoms with van der Waals surface area (Å²) in [6.45, 7) is 5.71. The van der Waals surface area contributed by atoms with Crippen LogP contribution in [0.3, 0.4) is 0 Å². The third kappa shape index (κ3) is 7.96. The maximum absolute atomic E-state index is 13.7. The van der Waals surface area contributed by atoms with Gasteiger partial charge in [-0.05, 0) is 43.0 Å². The topological polar surface area (TPSA) is 192 Å². The molecular formula is C27H36N6O7. The highest BCUT2D eigenvalue weighted by molar-refractivity contribution is 5.98. The number of hydrogen-bond donors (Lipinski definition) is 6. The number of amides is 4. The van der Waals surface area contributed by atoms with Gasteiger partial charge in [0.15, 0.2) is 5.69 Å². The van der Waals surface area contributed by atoms with E-state index in [-0.39, 0.29) is 42.9 Å². The van der Waals surface area contributed by atoms with Crippen LogP contribution in [-0.2, 0) is 25.5 Å². The summed E-state index contributed by atoms with van der Waals surface area (Å²) in [6, 6.07) is 2.31. The first-order valence-electron chi connectivity index (χ1n) is 13.0. The predicted octanol–water partition coefficient (Wildman–Crippen LogP) is -0.709. The zero-order chi connectivity index (χ0) is 29.2. The average molecular weight is 557 g/mol. The summed E-state index contributed by atoms with van der Waals surface area (Å²) in [7, 11) is 0. The summed E-state index contributed by atoms with van der Waals surface area (Å²) in [6.07, 6.45) is 4.29. The average Bonchev–Trinajstić information content (AvgIpc) is 2.90. The SMILES string of the molecule is CC(C)C(O)C(Cc1cccnc1)NC(=O)C(NC(=O)c1ncccc1O)C(C)NC(=O)C(NC=O)C1COC1. The van der Waals surface area contributed by atoms with E-state index in [1.165, 1.54) is 25.3 Å². The van der Waals surface area contributed by atoms with E-state index >= 15 is 0 Å². The first-order valence-corrected chi connectivity index (χ1v) is 13.0. The molecule has 6 N–H and O–H groups in total. The summed E-state index contributed by atoms with van der Waals surface area (Å²) in [5, 5.41) is 31.5. The summed E-state index contributed by atoms with van der Waals surface area (Å²) in [5.41, 5.74) is 0.471. The molecule has 0 saturated carbocycles. The lowest BCUT2D eigenvalue weighted by molar-refractivity contribution is -0.134. The number of nitrogens with zero attached hydrogens (tertiary/aromatic N) is 2. The van der Waals surface area contributed by atoms with Crippen LogP contribution in [0, 0.1) is 11.8 Å². The quantitative estimate of drug-likeness (QED) is 0.163. The molecule has 13 heteroatoms. The number of aromatic hydroxyl groups is 1. The monoisotopic (exact) mass is 556 g/mol. The van der Waals surface area contributed by atoms with Gasteiger partial charge in [-0.3, -0.25) is 24.2 Å². The van der Waals surface area contributed by atoms with Crippen LogP contribution in [0.5, 0.6) is 5.75 Å². The van der Waals surface area contributed by atoms with Crippen LogP contribution in [0.25, 0.3) is 0 Å². The first kappa shape index (κ1) is 30.4. The molecule has 1 aliphatic rings. The molecule has 2 aromatic heterocycles. The predicted molar refractivity (Wildman–Crippen MR) is 143 cm³/mol. The third-order valence-corrected chi connectivity index (χ3v) is 6.71. The van der Waals surface area contributed by atoms with Gasteiger partial charge in [-0.1, -0.05) is 19.9 Å². The molecule has 4 amide bonds.